The summed E-state index contributed by atoms with van der Waals surface area (Å²) < 4.78 is 47.7. The third-order valence-corrected chi connectivity index (χ3v) is 5.20. The van der Waals surface area contributed by atoms with Gasteiger partial charge in [-0.1, -0.05) is 48.5 Å². The molecule has 1 amide bonds. The second-order valence-electron chi connectivity index (χ2n) is 7.37. The molecule has 0 radical (unpaired) electrons. The van der Waals surface area contributed by atoms with Gasteiger partial charge in [-0.25, -0.2) is 9.59 Å². The van der Waals surface area contributed by atoms with E-state index in [0.29, 0.717) is 0 Å². The van der Waals surface area contributed by atoms with Gasteiger partial charge in [0, 0.05) is 5.92 Å². The third-order valence-electron chi connectivity index (χ3n) is 5.20. The summed E-state index contributed by atoms with van der Waals surface area (Å²) in [5.74, 6) is -1.85. The molecule has 6 nitrogen and oxygen atoms in total. The number of carboxylic acids is 1. The second kappa shape index (κ2) is 8.85. The highest BCUT2D eigenvalue weighted by molar-refractivity contribution is 5.93. The fourth-order valence-corrected chi connectivity index (χ4v) is 3.79. The van der Waals surface area contributed by atoms with Crippen LogP contribution in [0.15, 0.2) is 66.7 Å². The number of anilines is 1. The van der Waals surface area contributed by atoms with Gasteiger partial charge in [0.2, 0.25) is 0 Å². The Labute approximate surface area is 186 Å². The van der Waals surface area contributed by atoms with E-state index in [1.165, 1.54) is 0 Å². The Morgan fingerprint density at radius 2 is 1.55 bits per heavy atom. The molecule has 0 atom stereocenters. The molecule has 0 unspecified atom stereocenters. The normalized spacial score (nSPS) is 12.6. The van der Waals surface area contributed by atoms with Crippen molar-refractivity contribution in [2.75, 3.05) is 18.5 Å². The Bertz CT molecular complexity index is 1160. The number of fused-ring (bicyclic) bond motifs is 3. The largest absolute Gasteiger partial charge is 0.482 e. The number of ether oxygens (including phenoxy) is 2. The first-order valence-electron chi connectivity index (χ1n) is 9.92. The summed E-state index contributed by atoms with van der Waals surface area (Å²) in [5.41, 5.74) is 3.60. The maximum atomic E-state index is 12.5. The first-order valence-corrected chi connectivity index (χ1v) is 9.92. The molecule has 2 N–H and O–H groups in total. The first-order chi connectivity index (χ1) is 15.7. The van der Waals surface area contributed by atoms with Crippen LogP contribution < -0.4 is 10.1 Å². The van der Waals surface area contributed by atoms with Gasteiger partial charge >= 0.3 is 18.2 Å². The van der Waals surface area contributed by atoms with Gasteiger partial charge < -0.3 is 14.6 Å². The van der Waals surface area contributed by atoms with Crippen molar-refractivity contribution in [1.29, 1.82) is 0 Å². The molecular weight excluding hydrogens is 439 g/mol. The lowest BCUT2D eigenvalue weighted by Gasteiger charge is -2.17. The average Bonchev–Trinajstić information content (AvgIpc) is 3.10. The van der Waals surface area contributed by atoms with E-state index in [2.05, 4.69) is 5.32 Å². The number of carbonyl (C=O) groups excluding carboxylic acids is 1. The lowest BCUT2D eigenvalue weighted by Crippen LogP contribution is -2.21. The molecule has 0 saturated carbocycles. The maximum Gasteiger partial charge on any atom is 0.422 e. The van der Waals surface area contributed by atoms with E-state index in [9.17, 15) is 22.8 Å². The summed E-state index contributed by atoms with van der Waals surface area (Å²) in [6, 6.07) is 18.6. The molecule has 0 bridgehead atoms. The van der Waals surface area contributed by atoms with Crippen LogP contribution in [0.5, 0.6) is 5.75 Å². The van der Waals surface area contributed by atoms with Crippen LogP contribution in [0.2, 0.25) is 0 Å². The van der Waals surface area contributed by atoms with Gasteiger partial charge in [0.25, 0.3) is 0 Å². The van der Waals surface area contributed by atoms with Crippen LogP contribution in [0.4, 0.5) is 23.7 Å². The Morgan fingerprint density at radius 3 is 2.12 bits per heavy atom. The maximum absolute atomic E-state index is 12.5. The van der Waals surface area contributed by atoms with Crippen molar-refractivity contribution in [1.82, 2.24) is 0 Å². The van der Waals surface area contributed by atoms with Gasteiger partial charge in [0.05, 0.1) is 11.3 Å². The zero-order chi connectivity index (χ0) is 23.6. The van der Waals surface area contributed by atoms with E-state index in [4.69, 9.17) is 14.6 Å². The van der Waals surface area contributed by atoms with Crippen LogP contribution >= 0.6 is 0 Å². The highest BCUT2D eigenvalue weighted by Crippen LogP contribution is 2.44. The minimum Gasteiger partial charge on any atom is -0.482 e. The number of alkyl halides is 3. The quantitative estimate of drug-likeness (QED) is 0.497. The lowest BCUT2D eigenvalue weighted by atomic mass is 9.98. The summed E-state index contributed by atoms with van der Waals surface area (Å²) >= 11 is 0. The molecule has 170 valence electrons. The van der Waals surface area contributed by atoms with E-state index in [1.807, 2.05) is 48.5 Å². The van der Waals surface area contributed by atoms with Crippen LogP contribution in [0.25, 0.3) is 11.1 Å². The van der Waals surface area contributed by atoms with E-state index < -0.39 is 24.8 Å². The smallest absolute Gasteiger partial charge is 0.422 e. The number of aromatic carboxylic acids is 1. The SMILES string of the molecule is O=C(Nc1cc(C(=O)O)ccc1OCC(F)(F)F)OCC1c2ccccc2-c2ccccc21. The molecule has 4 rings (SSSR count). The second-order valence-corrected chi connectivity index (χ2v) is 7.37. The monoisotopic (exact) mass is 457 g/mol. The van der Waals surface area contributed by atoms with Crippen molar-refractivity contribution in [3.05, 3.63) is 83.4 Å². The number of carbonyl (C=O) groups is 2. The molecular formula is C24H18F3NO5. The summed E-state index contributed by atoms with van der Waals surface area (Å²) in [7, 11) is 0. The summed E-state index contributed by atoms with van der Waals surface area (Å²) in [5, 5.41) is 11.5. The van der Waals surface area contributed by atoms with Gasteiger partial charge in [-0.05, 0) is 40.5 Å². The highest BCUT2D eigenvalue weighted by Gasteiger charge is 2.30. The molecule has 0 heterocycles. The van der Waals surface area contributed by atoms with Gasteiger partial charge in [-0.15, -0.1) is 0 Å². The molecule has 3 aromatic rings. The van der Waals surface area contributed by atoms with Crippen LogP contribution in [0, 0.1) is 0 Å². The van der Waals surface area contributed by atoms with E-state index >= 15 is 0 Å². The van der Waals surface area contributed by atoms with Crippen molar-refractivity contribution in [2.24, 2.45) is 0 Å². The molecule has 33 heavy (non-hydrogen) atoms. The Balaban J connectivity index is 1.50. The molecule has 0 saturated heterocycles. The molecule has 9 heteroatoms. The third kappa shape index (κ3) is 4.92. The minimum absolute atomic E-state index is 0.0166. The van der Waals surface area contributed by atoms with Crippen LogP contribution in [-0.2, 0) is 4.74 Å². The van der Waals surface area contributed by atoms with Crippen molar-refractivity contribution < 1.29 is 37.3 Å². The Morgan fingerprint density at radius 1 is 0.939 bits per heavy atom. The predicted octanol–water partition coefficient (Wildman–Crippen LogP) is 5.69. The molecule has 1 aliphatic carbocycles. The molecule has 0 spiro atoms. The van der Waals surface area contributed by atoms with Crippen molar-refractivity contribution in [3.63, 3.8) is 0 Å². The number of carboxylic acid groups (broad SMARTS) is 1. The number of halogens is 3. The van der Waals surface area contributed by atoms with Crippen LogP contribution in [-0.4, -0.2) is 36.6 Å². The molecule has 0 aliphatic heterocycles. The molecule has 0 aromatic heterocycles. The summed E-state index contributed by atoms with van der Waals surface area (Å²) in [6.45, 7) is -1.62. The van der Waals surface area contributed by atoms with Gasteiger partial charge in [-0.3, -0.25) is 5.32 Å². The number of nitrogens with one attached hydrogen (secondary N) is 1. The topological polar surface area (TPSA) is 84.9 Å². The molecule has 3 aromatic carbocycles. The Hall–Kier alpha value is -4.01. The van der Waals surface area contributed by atoms with Gasteiger partial charge in [-0.2, -0.15) is 13.2 Å². The molecule has 1 aliphatic rings. The highest BCUT2D eigenvalue weighted by atomic mass is 19.4. The van der Waals surface area contributed by atoms with Crippen molar-refractivity contribution in [3.8, 4) is 16.9 Å². The van der Waals surface area contributed by atoms with E-state index in [1.54, 1.807) is 0 Å². The number of hydrogen-bond donors (Lipinski definition) is 2. The lowest BCUT2D eigenvalue weighted by molar-refractivity contribution is -0.153. The Kier molecular flexibility index (Phi) is 5.95. The zero-order valence-electron chi connectivity index (χ0n) is 17.1. The molecule has 0 fully saturated rings. The van der Waals surface area contributed by atoms with Crippen LogP contribution in [0.3, 0.4) is 0 Å². The minimum atomic E-state index is -4.60. The fourth-order valence-electron chi connectivity index (χ4n) is 3.79. The first kappa shape index (κ1) is 22.2. The number of rotatable bonds is 6. The van der Waals surface area contributed by atoms with Crippen LogP contribution in [0.1, 0.15) is 27.4 Å². The number of amides is 1. The van der Waals surface area contributed by atoms with Crippen molar-refractivity contribution in [2.45, 2.75) is 12.1 Å². The predicted molar refractivity (Wildman–Crippen MR) is 114 cm³/mol. The summed E-state index contributed by atoms with van der Waals surface area (Å²) in [4.78, 5) is 23.7. The van der Waals surface area contributed by atoms with Gasteiger partial charge in [0.1, 0.15) is 12.4 Å². The number of hydrogen-bond acceptors (Lipinski definition) is 4. The van der Waals surface area contributed by atoms with E-state index in [-0.39, 0.29) is 29.5 Å². The van der Waals surface area contributed by atoms with Gasteiger partial charge in [0.15, 0.2) is 6.61 Å². The fraction of sp³-hybridized carbons (Fsp3) is 0.167. The van der Waals surface area contributed by atoms with Crippen molar-refractivity contribution >= 4 is 17.7 Å². The number of benzene rings is 3. The zero-order valence-corrected chi connectivity index (χ0v) is 17.1. The van der Waals surface area contributed by atoms with E-state index in [0.717, 1.165) is 40.5 Å². The summed E-state index contributed by atoms with van der Waals surface area (Å²) in [6.07, 6.45) is -5.55. The standard InChI is InChI=1S/C24H18F3NO5/c25-24(26,27)13-33-21-10-9-14(22(29)30)11-20(21)28-23(31)32-12-19-17-7-3-1-5-15(17)16-6-2-4-8-18(16)19/h1-11,19H,12-13H2,(H,28,31)(H,29,30). The average molecular weight is 457 g/mol.